The molecule has 0 radical (unpaired) electrons. The van der Waals surface area contributed by atoms with Crippen molar-refractivity contribution in [2.24, 2.45) is 5.92 Å². The number of hydrogen-bond donors (Lipinski definition) is 2. The van der Waals surface area contributed by atoms with Crippen molar-refractivity contribution in [1.29, 1.82) is 0 Å². The summed E-state index contributed by atoms with van der Waals surface area (Å²) >= 11 is 0. The Kier molecular flexibility index (Phi) is 3.50. The SMILES string of the molecule is CC(C)CN(C)C1CNCC1O. The van der Waals surface area contributed by atoms with Gasteiger partial charge in [-0.15, -0.1) is 0 Å². The van der Waals surface area contributed by atoms with Gasteiger partial charge < -0.3 is 10.4 Å². The van der Waals surface area contributed by atoms with E-state index in [1.54, 1.807) is 0 Å². The zero-order valence-corrected chi connectivity index (χ0v) is 8.25. The third-order valence-electron chi connectivity index (χ3n) is 2.37. The molecule has 0 amide bonds. The van der Waals surface area contributed by atoms with Gasteiger partial charge in [0.1, 0.15) is 0 Å². The monoisotopic (exact) mass is 172 g/mol. The fourth-order valence-corrected chi connectivity index (χ4v) is 1.81. The van der Waals surface area contributed by atoms with Crippen LogP contribution in [0.1, 0.15) is 13.8 Å². The normalized spacial score (nSPS) is 30.5. The highest BCUT2D eigenvalue weighted by molar-refractivity contribution is 4.87. The van der Waals surface area contributed by atoms with Gasteiger partial charge in [0.25, 0.3) is 0 Å². The van der Waals surface area contributed by atoms with E-state index in [0.717, 1.165) is 19.6 Å². The molecule has 3 heteroatoms. The van der Waals surface area contributed by atoms with Gasteiger partial charge >= 0.3 is 0 Å². The van der Waals surface area contributed by atoms with Crippen LogP contribution < -0.4 is 5.32 Å². The largest absolute Gasteiger partial charge is 0.390 e. The number of aliphatic hydroxyl groups is 1. The first-order valence-corrected chi connectivity index (χ1v) is 4.70. The summed E-state index contributed by atoms with van der Waals surface area (Å²) in [6.07, 6.45) is -0.186. The van der Waals surface area contributed by atoms with E-state index < -0.39 is 0 Å². The molecule has 1 heterocycles. The minimum absolute atomic E-state index is 0.186. The summed E-state index contributed by atoms with van der Waals surface area (Å²) in [4.78, 5) is 2.25. The maximum absolute atomic E-state index is 9.57. The molecule has 0 aliphatic carbocycles. The maximum Gasteiger partial charge on any atom is 0.0831 e. The van der Waals surface area contributed by atoms with E-state index in [4.69, 9.17) is 0 Å². The number of nitrogens with zero attached hydrogens (tertiary/aromatic N) is 1. The van der Waals surface area contributed by atoms with Crippen molar-refractivity contribution >= 4 is 0 Å². The zero-order valence-electron chi connectivity index (χ0n) is 8.25. The highest BCUT2D eigenvalue weighted by Crippen LogP contribution is 2.09. The van der Waals surface area contributed by atoms with Gasteiger partial charge in [-0.3, -0.25) is 4.90 Å². The van der Waals surface area contributed by atoms with Crippen LogP contribution in [0.4, 0.5) is 0 Å². The Morgan fingerprint density at radius 2 is 2.17 bits per heavy atom. The minimum atomic E-state index is -0.186. The van der Waals surface area contributed by atoms with Gasteiger partial charge in [0.15, 0.2) is 0 Å². The van der Waals surface area contributed by atoms with Crippen LogP contribution in [0.3, 0.4) is 0 Å². The lowest BCUT2D eigenvalue weighted by Gasteiger charge is -2.27. The summed E-state index contributed by atoms with van der Waals surface area (Å²) in [6.45, 7) is 7.12. The molecule has 1 aliphatic rings. The molecule has 72 valence electrons. The van der Waals surface area contributed by atoms with E-state index in [1.807, 2.05) is 0 Å². The summed E-state index contributed by atoms with van der Waals surface area (Å²) in [6, 6.07) is 0.312. The molecule has 3 nitrogen and oxygen atoms in total. The van der Waals surface area contributed by atoms with Crippen LogP contribution in [0.25, 0.3) is 0 Å². The first-order valence-electron chi connectivity index (χ1n) is 4.70. The fourth-order valence-electron chi connectivity index (χ4n) is 1.81. The van der Waals surface area contributed by atoms with Crippen molar-refractivity contribution < 1.29 is 5.11 Å². The van der Waals surface area contributed by atoms with Crippen molar-refractivity contribution in [2.75, 3.05) is 26.7 Å². The zero-order chi connectivity index (χ0) is 9.14. The fraction of sp³-hybridized carbons (Fsp3) is 1.00. The number of β-amino-alcohol motifs (C(OH)–C–C–N with tert-alkyl or cyclic N) is 1. The number of hydrogen-bond acceptors (Lipinski definition) is 3. The molecule has 1 saturated heterocycles. The van der Waals surface area contributed by atoms with E-state index >= 15 is 0 Å². The van der Waals surface area contributed by atoms with Gasteiger partial charge in [0.2, 0.25) is 0 Å². The summed E-state index contributed by atoms with van der Waals surface area (Å²) in [5, 5.41) is 12.8. The molecule has 12 heavy (non-hydrogen) atoms. The van der Waals surface area contributed by atoms with Crippen LogP contribution in [0.2, 0.25) is 0 Å². The molecular formula is C9H20N2O. The Bertz CT molecular complexity index is 138. The van der Waals surface area contributed by atoms with Crippen LogP contribution in [-0.4, -0.2) is 48.8 Å². The summed E-state index contributed by atoms with van der Waals surface area (Å²) < 4.78 is 0. The predicted octanol–water partition coefficient (Wildman–Crippen LogP) is -0.0931. The molecule has 1 fully saturated rings. The van der Waals surface area contributed by atoms with Crippen molar-refractivity contribution in [3.05, 3.63) is 0 Å². The van der Waals surface area contributed by atoms with Crippen LogP contribution >= 0.6 is 0 Å². The van der Waals surface area contributed by atoms with E-state index in [-0.39, 0.29) is 6.10 Å². The van der Waals surface area contributed by atoms with Crippen molar-refractivity contribution in [2.45, 2.75) is 26.0 Å². The summed E-state index contributed by atoms with van der Waals surface area (Å²) in [5.41, 5.74) is 0. The van der Waals surface area contributed by atoms with Gasteiger partial charge in [-0.05, 0) is 13.0 Å². The van der Waals surface area contributed by atoms with E-state index in [2.05, 4.69) is 31.1 Å². The van der Waals surface area contributed by atoms with Crippen LogP contribution in [0.5, 0.6) is 0 Å². The summed E-state index contributed by atoms with van der Waals surface area (Å²) in [5.74, 6) is 0.669. The van der Waals surface area contributed by atoms with Gasteiger partial charge in [-0.25, -0.2) is 0 Å². The number of rotatable bonds is 3. The van der Waals surface area contributed by atoms with Crippen molar-refractivity contribution in [1.82, 2.24) is 10.2 Å². The lowest BCUT2D eigenvalue weighted by molar-refractivity contribution is 0.0928. The lowest BCUT2D eigenvalue weighted by atomic mass is 10.1. The highest BCUT2D eigenvalue weighted by atomic mass is 16.3. The molecule has 2 unspecified atom stereocenters. The number of aliphatic hydroxyl groups excluding tert-OH is 1. The quantitative estimate of drug-likeness (QED) is 0.624. The number of nitrogens with one attached hydrogen (secondary N) is 1. The van der Waals surface area contributed by atoms with Crippen molar-refractivity contribution in [3.63, 3.8) is 0 Å². The Balaban J connectivity index is 2.35. The third kappa shape index (κ3) is 2.44. The Morgan fingerprint density at radius 1 is 1.50 bits per heavy atom. The van der Waals surface area contributed by atoms with Crippen LogP contribution in [0.15, 0.2) is 0 Å². The van der Waals surface area contributed by atoms with Gasteiger partial charge in [-0.2, -0.15) is 0 Å². The first-order chi connectivity index (χ1) is 5.61. The molecule has 0 saturated carbocycles. The molecular weight excluding hydrogens is 152 g/mol. The molecule has 2 atom stereocenters. The second-order valence-corrected chi connectivity index (χ2v) is 4.13. The van der Waals surface area contributed by atoms with Crippen molar-refractivity contribution in [3.8, 4) is 0 Å². The molecule has 0 aromatic carbocycles. The molecule has 0 aromatic rings. The Hall–Kier alpha value is -0.120. The second-order valence-electron chi connectivity index (χ2n) is 4.13. The van der Waals surface area contributed by atoms with Crippen LogP contribution in [-0.2, 0) is 0 Å². The standard InChI is InChI=1S/C9H20N2O/c1-7(2)6-11(3)8-4-10-5-9(8)12/h7-10,12H,4-6H2,1-3H3. The number of likely N-dealkylation sites (N-methyl/N-ethyl adjacent to an activating group) is 1. The molecule has 0 aromatic heterocycles. The van der Waals surface area contributed by atoms with E-state index in [1.165, 1.54) is 0 Å². The Labute approximate surface area is 74.8 Å². The topological polar surface area (TPSA) is 35.5 Å². The molecule has 0 spiro atoms. The van der Waals surface area contributed by atoms with Crippen LogP contribution in [0, 0.1) is 5.92 Å². The predicted molar refractivity (Wildman–Crippen MR) is 50.1 cm³/mol. The molecule has 1 rings (SSSR count). The molecule has 1 aliphatic heterocycles. The van der Waals surface area contributed by atoms with Gasteiger partial charge in [-0.1, -0.05) is 13.8 Å². The first kappa shape index (κ1) is 9.96. The third-order valence-corrected chi connectivity index (χ3v) is 2.37. The van der Waals surface area contributed by atoms with E-state index in [0.29, 0.717) is 12.0 Å². The van der Waals surface area contributed by atoms with E-state index in [9.17, 15) is 5.11 Å². The van der Waals surface area contributed by atoms with Gasteiger partial charge in [0.05, 0.1) is 6.10 Å². The smallest absolute Gasteiger partial charge is 0.0831 e. The maximum atomic E-state index is 9.57. The average Bonchev–Trinajstić information content (AvgIpc) is 2.33. The average molecular weight is 172 g/mol. The molecule has 0 bridgehead atoms. The second kappa shape index (κ2) is 4.21. The van der Waals surface area contributed by atoms with Gasteiger partial charge in [0, 0.05) is 25.7 Å². The highest BCUT2D eigenvalue weighted by Gasteiger charge is 2.28. The lowest BCUT2D eigenvalue weighted by Crippen LogP contribution is -2.42. The minimum Gasteiger partial charge on any atom is -0.390 e. The molecule has 2 N–H and O–H groups in total. The summed E-state index contributed by atoms with van der Waals surface area (Å²) in [7, 11) is 2.08. The Morgan fingerprint density at radius 3 is 2.58 bits per heavy atom.